The summed E-state index contributed by atoms with van der Waals surface area (Å²) in [6.45, 7) is 8.71. The maximum Gasteiger partial charge on any atom is 0.128 e. The Balaban J connectivity index is 2.07. The van der Waals surface area contributed by atoms with Crippen molar-refractivity contribution in [3.63, 3.8) is 0 Å². The first-order valence-corrected chi connectivity index (χ1v) is 8.64. The lowest BCUT2D eigenvalue weighted by atomic mass is 10.2. The zero-order valence-electron chi connectivity index (χ0n) is 14.4. The molecule has 2 N–H and O–H groups in total. The smallest absolute Gasteiger partial charge is 0.128 e. The Labute approximate surface area is 144 Å². The third kappa shape index (κ3) is 5.32. The third-order valence-electron chi connectivity index (χ3n) is 4.23. The SMILES string of the molecule is C=CC[NH+](Cc1cccn1Cc1ccccc1F)C[C@@H](O)CCC. The second kappa shape index (κ2) is 9.40. The lowest BCUT2D eigenvalue weighted by molar-refractivity contribution is -0.911. The number of halogens is 1. The third-order valence-corrected chi connectivity index (χ3v) is 4.23. The van der Waals surface area contributed by atoms with Gasteiger partial charge in [-0.2, -0.15) is 0 Å². The zero-order valence-corrected chi connectivity index (χ0v) is 14.4. The molecule has 0 aliphatic heterocycles. The first kappa shape index (κ1) is 18.4. The fourth-order valence-electron chi connectivity index (χ4n) is 3.03. The van der Waals surface area contributed by atoms with E-state index in [4.69, 9.17) is 0 Å². The fourth-order valence-corrected chi connectivity index (χ4v) is 3.03. The normalized spacial score (nSPS) is 13.6. The first-order chi connectivity index (χ1) is 11.6. The van der Waals surface area contributed by atoms with Crippen LogP contribution in [0.3, 0.4) is 0 Å². The quantitative estimate of drug-likeness (QED) is 0.643. The van der Waals surface area contributed by atoms with Crippen molar-refractivity contribution in [2.75, 3.05) is 13.1 Å². The van der Waals surface area contributed by atoms with E-state index in [-0.39, 0.29) is 11.9 Å². The minimum atomic E-state index is -0.292. The predicted octanol–water partition coefficient (Wildman–Crippen LogP) is 2.41. The molecule has 0 amide bonds. The van der Waals surface area contributed by atoms with Crippen LogP contribution in [0.5, 0.6) is 0 Å². The largest absolute Gasteiger partial charge is 0.387 e. The monoisotopic (exact) mass is 331 g/mol. The second-order valence-electron chi connectivity index (χ2n) is 6.29. The van der Waals surface area contributed by atoms with Crippen LogP contribution in [0.1, 0.15) is 31.0 Å². The Morgan fingerprint density at radius 2 is 2.08 bits per heavy atom. The van der Waals surface area contributed by atoms with Crippen LogP contribution in [0, 0.1) is 5.82 Å². The first-order valence-electron chi connectivity index (χ1n) is 8.64. The maximum atomic E-state index is 13.9. The van der Waals surface area contributed by atoms with Crippen molar-refractivity contribution in [1.82, 2.24) is 4.57 Å². The molecule has 2 aromatic rings. The van der Waals surface area contributed by atoms with Gasteiger partial charge < -0.3 is 14.6 Å². The van der Waals surface area contributed by atoms with E-state index in [0.717, 1.165) is 31.6 Å². The van der Waals surface area contributed by atoms with Crippen molar-refractivity contribution in [2.24, 2.45) is 0 Å². The average molecular weight is 331 g/mol. The summed E-state index contributed by atoms with van der Waals surface area (Å²) in [7, 11) is 0. The number of quaternary nitrogens is 1. The van der Waals surface area contributed by atoms with E-state index in [1.807, 2.05) is 30.5 Å². The molecule has 2 atom stereocenters. The number of aliphatic hydroxyl groups excluding tert-OH is 1. The molecule has 1 unspecified atom stereocenters. The molecule has 2 rings (SSSR count). The Hall–Kier alpha value is -1.91. The van der Waals surface area contributed by atoms with Crippen molar-refractivity contribution < 1.29 is 14.4 Å². The highest BCUT2D eigenvalue weighted by Crippen LogP contribution is 2.11. The predicted molar refractivity (Wildman–Crippen MR) is 95.4 cm³/mol. The molecular formula is C20H28FN2O+. The molecule has 0 radical (unpaired) electrons. The van der Waals surface area contributed by atoms with Crippen LogP contribution in [0.25, 0.3) is 0 Å². The van der Waals surface area contributed by atoms with Crippen LogP contribution in [0.15, 0.2) is 55.3 Å². The number of benzene rings is 1. The number of rotatable bonds is 10. The Bertz CT molecular complexity index is 638. The Kier molecular flexibility index (Phi) is 7.22. The van der Waals surface area contributed by atoms with Gasteiger partial charge in [0.05, 0.1) is 18.8 Å². The molecule has 0 spiro atoms. The molecular weight excluding hydrogens is 303 g/mol. The second-order valence-corrected chi connectivity index (χ2v) is 6.29. The molecule has 0 saturated heterocycles. The van der Waals surface area contributed by atoms with Crippen LogP contribution in [0.2, 0.25) is 0 Å². The summed E-state index contributed by atoms with van der Waals surface area (Å²) in [5, 5.41) is 10.1. The maximum absolute atomic E-state index is 13.9. The van der Waals surface area contributed by atoms with Crippen LogP contribution in [0.4, 0.5) is 4.39 Å². The minimum absolute atomic E-state index is 0.175. The van der Waals surface area contributed by atoms with E-state index in [9.17, 15) is 9.50 Å². The van der Waals surface area contributed by atoms with E-state index in [1.54, 1.807) is 6.07 Å². The number of nitrogens with one attached hydrogen (secondary N) is 1. The van der Waals surface area contributed by atoms with Gasteiger partial charge in [-0.25, -0.2) is 4.39 Å². The van der Waals surface area contributed by atoms with Crippen LogP contribution in [-0.2, 0) is 13.1 Å². The topological polar surface area (TPSA) is 29.6 Å². The Morgan fingerprint density at radius 3 is 2.79 bits per heavy atom. The molecule has 1 aromatic carbocycles. The number of nitrogens with zero attached hydrogens (tertiary/aromatic N) is 1. The molecule has 4 heteroatoms. The summed E-state index contributed by atoms with van der Waals surface area (Å²) in [5.74, 6) is -0.175. The molecule has 0 aliphatic carbocycles. The zero-order chi connectivity index (χ0) is 17.4. The summed E-state index contributed by atoms with van der Waals surface area (Å²) < 4.78 is 16.0. The van der Waals surface area contributed by atoms with E-state index in [1.165, 1.54) is 11.0 Å². The highest BCUT2D eigenvalue weighted by atomic mass is 19.1. The van der Waals surface area contributed by atoms with Gasteiger partial charge in [-0.05, 0) is 30.7 Å². The van der Waals surface area contributed by atoms with E-state index in [2.05, 4.69) is 24.1 Å². The van der Waals surface area contributed by atoms with Crippen molar-refractivity contribution in [1.29, 1.82) is 0 Å². The molecule has 0 bridgehead atoms. The van der Waals surface area contributed by atoms with Crippen molar-refractivity contribution in [2.45, 2.75) is 39.0 Å². The van der Waals surface area contributed by atoms with Gasteiger partial charge >= 0.3 is 0 Å². The van der Waals surface area contributed by atoms with Crippen LogP contribution in [-0.4, -0.2) is 28.9 Å². The molecule has 24 heavy (non-hydrogen) atoms. The van der Waals surface area contributed by atoms with E-state index in [0.29, 0.717) is 18.7 Å². The van der Waals surface area contributed by atoms with Gasteiger partial charge in [-0.15, -0.1) is 0 Å². The molecule has 0 saturated carbocycles. The molecule has 130 valence electrons. The van der Waals surface area contributed by atoms with Crippen molar-refractivity contribution >= 4 is 0 Å². The summed E-state index contributed by atoms with van der Waals surface area (Å²) in [6, 6.07) is 10.9. The number of aliphatic hydroxyl groups is 1. The van der Waals surface area contributed by atoms with Gasteiger partial charge in [-0.3, -0.25) is 0 Å². The summed E-state index contributed by atoms with van der Waals surface area (Å²) in [5.41, 5.74) is 1.82. The van der Waals surface area contributed by atoms with Crippen molar-refractivity contribution in [3.05, 3.63) is 72.3 Å². The van der Waals surface area contributed by atoms with Crippen LogP contribution < -0.4 is 4.90 Å². The number of hydrogen-bond acceptors (Lipinski definition) is 1. The molecule has 1 heterocycles. The van der Waals surface area contributed by atoms with Gasteiger partial charge in [0.1, 0.15) is 25.0 Å². The van der Waals surface area contributed by atoms with Gasteiger partial charge in [0, 0.05) is 11.8 Å². The lowest BCUT2D eigenvalue weighted by Gasteiger charge is -2.22. The highest BCUT2D eigenvalue weighted by molar-refractivity contribution is 5.19. The molecule has 0 aliphatic rings. The van der Waals surface area contributed by atoms with Gasteiger partial charge in [0.2, 0.25) is 0 Å². The van der Waals surface area contributed by atoms with Crippen LogP contribution >= 0.6 is 0 Å². The molecule has 3 nitrogen and oxygen atoms in total. The summed E-state index contributed by atoms with van der Waals surface area (Å²) in [6.07, 6.45) is 5.37. The van der Waals surface area contributed by atoms with Gasteiger partial charge in [0.15, 0.2) is 0 Å². The fraction of sp³-hybridized carbons (Fsp3) is 0.400. The minimum Gasteiger partial charge on any atom is -0.387 e. The number of hydrogen-bond donors (Lipinski definition) is 2. The van der Waals surface area contributed by atoms with E-state index < -0.39 is 0 Å². The van der Waals surface area contributed by atoms with Gasteiger partial charge in [0.25, 0.3) is 0 Å². The summed E-state index contributed by atoms with van der Waals surface area (Å²) in [4.78, 5) is 1.26. The highest BCUT2D eigenvalue weighted by Gasteiger charge is 2.16. The summed E-state index contributed by atoms with van der Waals surface area (Å²) >= 11 is 0. The standard InChI is InChI=1S/C20H27FN2O/c1-3-8-19(24)16-22(12-4-2)15-18-10-7-13-23(18)14-17-9-5-6-11-20(17)21/h4-7,9-11,13,19,24H,2-3,8,12,14-16H2,1H3/p+1/t19-/m0/s1. The average Bonchev–Trinajstić information content (AvgIpc) is 2.97. The molecule has 0 fully saturated rings. The van der Waals surface area contributed by atoms with Crippen molar-refractivity contribution in [3.8, 4) is 0 Å². The Morgan fingerprint density at radius 1 is 1.29 bits per heavy atom. The van der Waals surface area contributed by atoms with E-state index >= 15 is 0 Å². The van der Waals surface area contributed by atoms with Gasteiger partial charge in [-0.1, -0.05) is 38.1 Å². The molecule has 1 aromatic heterocycles. The number of aromatic nitrogens is 1. The lowest BCUT2D eigenvalue weighted by Crippen LogP contribution is -3.11.